The van der Waals surface area contributed by atoms with Gasteiger partial charge < -0.3 is 25.2 Å². The van der Waals surface area contributed by atoms with E-state index in [9.17, 15) is 9.90 Å². The van der Waals surface area contributed by atoms with Crippen LogP contribution >= 0.6 is 12.2 Å². The van der Waals surface area contributed by atoms with Crippen molar-refractivity contribution in [2.45, 2.75) is 39.3 Å². The van der Waals surface area contributed by atoms with Crippen molar-refractivity contribution in [1.82, 2.24) is 10.6 Å². The molecule has 0 bridgehead atoms. The van der Waals surface area contributed by atoms with Crippen molar-refractivity contribution in [3.8, 4) is 11.5 Å². The molecule has 0 spiro atoms. The highest BCUT2D eigenvalue weighted by Crippen LogP contribution is 2.36. The van der Waals surface area contributed by atoms with Crippen molar-refractivity contribution in [2.75, 3.05) is 6.61 Å². The molecule has 1 aliphatic heterocycles. The van der Waals surface area contributed by atoms with E-state index >= 15 is 0 Å². The van der Waals surface area contributed by atoms with Crippen molar-refractivity contribution >= 4 is 23.3 Å². The lowest BCUT2D eigenvalue weighted by Crippen LogP contribution is -2.51. The smallest absolute Gasteiger partial charge is 0.317 e. The third kappa shape index (κ3) is 4.63. The van der Waals surface area contributed by atoms with Gasteiger partial charge in [0.15, 0.2) is 16.6 Å². The Morgan fingerprint density at radius 2 is 2.08 bits per heavy atom. The first kappa shape index (κ1) is 19.1. The van der Waals surface area contributed by atoms with Crippen molar-refractivity contribution < 1.29 is 19.4 Å². The summed E-state index contributed by atoms with van der Waals surface area (Å²) < 4.78 is 11.0. The van der Waals surface area contributed by atoms with Crippen LogP contribution in [0.4, 0.5) is 0 Å². The van der Waals surface area contributed by atoms with E-state index in [4.69, 9.17) is 21.7 Å². The van der Waals surface area contributed by atoms with Crippen LogP contribution in [-0.4, -0.2) is 28.4 Å². The summed E-state index contributed by atoms with van der Waals surface area (Å²) in [5, 5.41) is 16.3. The van der Waals surface area contributed by atoms with Gasteiger partial charge in [0.05, 0.1) is 12.6 Å². The van der Waals surface area contributed by atoms with Gasteiger partial charge in [-0.25, -0.2) is 0 Å². The molecule has 1 aromatic rings. The number of hydrogen-bond donors (Lipinski definition) is 3. The summed E-state index contributed by atoms with van der Waals surface area (Å²) in [4.78, 5) is 12.7. The Balaban J connectivity index is 2.40. The molecule has 136 valence electrons. The number of phenolic OH excluding ortho intramolecular Hbond substituents is 1. The van der Waals surface area contributed by atoms with Crippen LogP contribution in [0.3, 0.4) is 0 Å². The highest BCUT2D eigenvalue weighted by molar-refractivity contribution is 7.80. The Morgan fingerprint density at radius 1 is 1.40 bits per heavy atom. The molecule has 0 amide bonds. The number of phenols is 1. The third-order valence-electron chi connectivity index (χ3n) is 3.57. The Labute approximate surface area is 153 Å². The van der Waals surface area contributed by atoms with E-state index in [1.807, 2.05) is 27.7 Å². The van der Waals surface area contributed by atoms with Crippen LogP contribution < -0.4 is 15.4 Å². The first-order valence-corrected chi connectivity index (χ1v) is 8.48. The van der Waals surface area contributed by atoms with Gasteiger partial charge in [0.2, 0.25) is 0 Å². The summed E-state index contributed by atoms with van der Waals surface area (Å²) in [6, 6.07) is 4.46. The maximum absolute atomic E-state index is 12.7. The van der Waals surface area contributed by atoms with Crippen LogP contribution in [-0.2, 0) is 9.53 Å². The van der Waals surface area contributed by atoms with Crippen LogP contribution in [0.15, 0.2) is 30.5 Å². The summed E-state index contributed by atoms with van der Waals surface area (Å²) in [7, 11) is 0. The number of carbonyl (C=O) groups excluding carboxylic acids is 1. The Kier molecular flexibility index (Phi) is 5.57. The third-order valence-corrected chi connectivity index (χ3v) is 3.79. The molecule has 25 heavy (non-hydrogen) atoms. The maximum atomic E-state index is 12.7. The second kappa shape index (κ2) is 7.31. The van der Waals surface area contributed by atoms with E-state index < -0.39 is 23.5 Å². The Morgan fingerprint density at radius 3 is 2.68 bits per heavy atom. The van der Waals surface area contributed by atoms with Gasteiger partial charge >= 0.3 is 5.97 Å². The molecule has 0 saturated carbocycles. The van der Waals surface area contributed by atoms with Crippen LogP contribution in [0.5, 0.6) is 11.5 Å². The molecule has 1 saturated heterocycles. The number of carbonyl (C=O) groups is 1. The standard InChI is InChI=1S/C18H24N2O4S/c1-6-23-13-9-11(7-8-12(13)21)15-14(10(2)19-17(25)20-15)16(22)24-18(3,4)5/h7-9,14-15,21H,2,6H2,1,3-5H3,(H2,19,20,25)/t14-,15+/m0/s1. The molecule has 2 rings (SSSR count). The predicted octanol–water partition coefficient (Wildman–Crippen LogP) is 2.78. The van der Waals surface area contributed by atoms with E-state index in [0.717, 1.165) is 5.56 Å². The van der Waals surface area contributed by atoms with E-state index in [1.165, 1.54) is 6.07 Å². The fourth-order valence-corrected chi connectivity index (χ4v) is 2.86. The van der Waals surface area contributed by atoms with Crippen LogP contribution in [0.25, 0.3) is 0 Å². The van der Waals surface area contributed by atoms with Crippen LogP contribution in [0, 0.1) is 5.92 Å². The van der Waals surface area contributed by atoms with Crippen molar-refractivity contribution in [1.29, 1.82) is 0 Å². The molecule has 1 aromatic carbocycles. The predicted molar refractivity (Wildman–Crippen MR) is 99.4 cm³/mol. The lowest BCUT2D eigenvalue weighted by Gasteiger charge is -2.36. The number of rotatable bonds is 4. The fraction of sp³-hybridized carbons (Fsp3) is 0.444. The topological polar surface area (TPSA) is 79.8 Å². The van der Waals surface area contributed by atoms with Crippen molar-refractivity contribution in [3.05, 3.63) is 36.0 Å². The average molecular weight is 364 g/mol. The zero-order chi connectivity index (χ0) is 18.8. The number of benzene rings is 1. The number of esters is 1. The van der Waals surface area contributed by atoms with E-state index in [1.54, 1.807) is 12.1 Å². The van der Waals surface area contributed by atoms with Crippen molar-refractivity contribution in [3.63, 3.8) is 0 Å². The number of nitrogens with one attached hydrogen (secondary N) is 2. The van der Waals surface area contributed by atoms with E-state index in [-0.39, 0.29) is 5.75 Å². The summed E-state index contributed by atoms with van der Waals surface area (Å²) in [5.74, 6) is -0.699. The summed E-state index contributed by atoms with van der Waals surface area (Å²) >= 11 is 5.20. The zero-order valence-electron chi connectivity index (χ0n) is 14.9. The molecule has 0 radical (unpaired) electrons. The van der Waals surface area contributed by atoms with Gasteiger partial charge in [-0.3, -0.25) is 4.79 Å². The SMILES string of the molecule is C=C1NC(=S)N[C@H](c2ccc(O)c(OCC)c2)[C@H]1C(=O)OC(C)(C)C. The van der Waals surface area contributed by atoms with E-state index in [0.29, 0.717) is 23.2 Å². The van der Waals surface area contributed by atoms with Gasteiger partial charge in [0, 0.05) is 5.70 Å². The molecule has 7 heteroatoms. The fourth-order valence-electron chi connectivity index (χ4n) is 2.60. The largest absolute Gasteiger partial charge is 0.504 e. The van der Waals surface area contributed by atoms with Crippen LogP contribution in [0.2, 0.25) is 0 Å². The normalized spacial score (nSPS) is 20.5. The number of thiocarbonyl (C=S) groups is 1. The Bertz CT molecular complexity index is 697. The highest BCUT2D eigenvalue weighted by Gasteiger charge is 2.39. The van der Waals surface area contributed by atoms with E-state index in [2.05, 4.69) is 17.2 Å². The molecule has 2 atom stereocenters. The van der Waals surface area contributed by atoms with Crippen LogP contribution in [0.1, 0.15) is 39.3 Å². The van der Waals surface area contributed by atoms with Gasteiger partial charge in [-0.1, -0.05) is 12.6 Å². The molecule has 1 fully saturated rings. The molecule has 6 nitrogen and oxygen atoms in total. The monoisotopic (exact) mass is 364 g/mol. The molecule has 1 aliphatic rings. The maximum Gasteiger partial charge on any atom is 0.317 e. The summed E-state index contributed by atoms with van der Waals surface area (Å²) in [6.45, 7) is 11.6. The second-order valence-electron chi connectivity index (χ2n) is 6.77. The minimum Gasteiger partial charge on any atom is -0.504 e. The molecule has 0 aliphatic carbocycles. The molecule has 0 unspecified atom stereocenters. The van der Waals surface area contributed by atoms with Gasteiger partial charge in [-0.2, -0.15) is 0 Å². The first-order chi connectivity index (χ1) is 11.6. The van der Waals surface area contributed by atoms with Gasteiger partial charge in [-0.15, -0.1) is 0 Å². The average Bonchev–Trinajstić information content (AvgIpc) is 2.47. The summed E-state index contributed by atoms with van der Waals surface area (Å²) in [6.07, 6.45) is 0. The van der Waals surface area contributed by atoms with Crippen molar-refractivity contribution in [2.24, 2.45) is 5.92 Å². The Hall–Kier alpha value is -2.28. The van der Waals surface area contributed by atoms with Gasteiger partial charge in [-0.05, 0) is 57.6 Å². The minimum atomic E-state index is -0.676. The number of hydrogen-bond acceptors (Lipinski definition) is 5. The zero-order valence-corrected chi connectivity index (χ0v) is 15.7. The number of aromatic hydroxyl groups is 1. The van der Waals surface area contributed by atoms with Gasteiger partial charge in [0.25, 0.3) is 0 Å². The molecule has 1 heterocycles. The highest BCUT2D eigenvalue weighted by atomic mass is 32.1. The summed E-state index contributed by atoms with van der Waals surface area (Å²) in [5.41, 5.74) is 0.585. The minimum absolute atomic E-state index is 0.0368. The second-order valence-corrected chi connectivity index (χ2v) is 7.18. The molecule has 3 N–H and O–H groups in total. The van der Waals surface area contributed by atoms with Gasteiger partial charge in [0.1, 0.15) is 11.5 Å². The molecular formula is C18H24N2O4S. The number of ether oxygens (including phenoxy) is 2. The molecular weight excluding hydrogens is 340 g/mol. The molecule has 0 aromatic heterocycles. The lowest BCUT2D eigenvalue weighted by molar-refractivity contribution is -0.159. The first-order valence-electron chi connectivity index (χ1n) is 8.07. The lowest BCUT2D eigenvalue weighted by atomic mass is 9.88. The quantitative estimate of drug-likeness (QED) is 0.560.